The van der Waals surface area contributed by atoms with Gasteiger partial charge >= 0.3 is 0 Å². The number of fused-ring (bicyclic) bond motifs is 1. The summed E-state index contributed by atoms with van der Waals surface area (Å²) in [5.41, 5.74) is 1.52. The average Bonchev–Trinajstić information content (AvgIpc) is 2.92. The molecule has 1 fully saturated rings. The lowest BCUT2D eigenvalue weighted by Crippen LogP contribution is -2.23. The number of aromatic nitrogens is 4. The molecule has 0 radical (unpaired) electrons. The van der Waals surface area contributed by atoms with E-state index in [0.29, 0.717) is 11.9 Å². The number of imidazole rings is 1. The maximum Gasteiger partial charge on any atom is 0.236 e. The van der Waals surface area contributed by atoms with Gasteiger partial charge in [0, 0.05) is 12.6 Å². The van der Waals surface area contributed by atoms with E-state index in [4.69, 9.17) is 5.26 Å². The molecule has 1 aliphatic carbocycles. The van der Waals surface area contributed by atoms with Crippen LogP contribution >= 0.6 is 0 Å². The van der Waals surface area contributed by atoms with Gasteiger partial charge in [-0.2, -0.15) is 15.2 Å². The predicted octanol–water partition coefficient (Wildman–Crippen LogP) is 2.85. The fraction of sp³-hybridized carbons (Fsp3) is 0.600. The van der Waals surface area contributed by atoms with Gasteiger partial charge in [0.2, 0.25) is 5.82 Å². The molecule has 0 amide bonds. The number of nitrogens with one attached hydrogen (secondary N) is 1. The van der Waals surface area contributed by atoms with E-state index in [1.54, 1.807) is 6.33 Å². The number of hydrogen-bond donors (Lipinski definition) is 1. The molecule has 0 bridgehead atoms. The maximum atomic E-state index is 9.15. The van der Waals surface area contributed by atoms with E-state index in [2.05, 4.69) is 33.3 Å². The molecule has 1 N–H and O–H groups in total. The molecule has 0 aromatic carbocycles. The van der Waals surface area contributed by atoms with E-state index in [9.17, 15) is 0 Å². The molecule has 0 saturated heterocycles. The van der Waals surface area contributed by atoms with Crippen LogP contribution in [-0.2, 0) is 6.54 Å². The summed E-state index contributed by atoms with van der Waals surface area (Å²) in [6.07, 6.45) is 8.92. The normalized spacial score (nSPS) is 16.0. The lowest BCUT2D eigenvalue weighted by atomic mass is 9.95. The first kappa shape index (κ1) is 13.8. The van der Waals surface area contributed by atoms with E-state index in [1.807, 2.05) is 4.57 Å². The van der Waals surface area contributed by atoms with Crippen molar-refractivity contribution in [2.24, 2.45) is 0 Å². The lowest BCUT2D eigenvalue weighted by Gasteiger charge is -2.23. The van der Waals surface area contributed by atoms with E-state index in [0.717, 1.165) is 37.0 Å². The van der Waals surface area contributed by atoms with Crippen molar-refractivity contribution in [3.8, 4) is 6.07 Å². The highest BCUT2D eigenvalue weighted by Crippen LogP contribution is 2.24. The molecule has 6 heteroatoms. The Morgan fingerprint density at radius 2 is 2.14 bits per heavy atom. The van der Waals surface area contributed by atoms with Crippen molar-refractivity contribution < 1.29 is 0 Å². The predicted molar refractivity (Wildman–Crippen MR) is 80.8 cm³/mol. The third-order valence-corrected chi connectivity index (χ3v) is 3.97. The van der Waals surface area contributed by atoms with Crippen LogP contribution in [0.5, 0.6) is 0 Å². The summed E-state index contributed by atoms with van der Waals surface area (Å²) in [5, 5.41) is 12.6. The Kier molecular flexibility index (Phi) is 4.00. The third kappa shape index (κ3) is 2.82. The summed E-state index contributed by atoms with van der Waals surface area (Å²) in [5.74, 6) is 0.914. The minimum absolute atomic E-state index is 0.207. The highest BCUT2D eigenvalue weighted by atomic mass is 15.2. The molecule has 21 heavy (non-hydrogen) atoms. The van der Waals surface area contributed by atoms with Crippen LogP contribution in [0.4, 0.5) is 5.82 Å². The molecule has 0 unspecified atom stereocenters. The zero-order valence-electron chi connectivity index (χ0n) is 12.3. The number of nitrogens with zero attached hydrogens (tertiary/aromatic N) is 5. The Hall–Kier alpha value is -2.16. The molecule has 0 atom stereocenters. The topological polar surface area (TPSA) is 79.4 Å². The molecule has 0 spiro atoms. The zero-order chi connectivity index (χ0) is 14.7. The first-order valence-corrected chi connectivity index (χ1v) is 7.71. The smallest absolute Gasteiger partial charge is 0.236 e. The van der Waals surface area contributed by atoms with E-state index < -0.39 is 0 Å². The van der Waals surface area contributed by atoms with Crippen molar-refractivity contribution in [3.63, 3.8) is 0 Å². The van der Waals surface area contributed by atoms with Gasteiger partial charge in [-0.3, -0.25) is 0 Å². The number of hydrogen-bond acceptors (Lipinski definition) is 5. The summed E-state index contributed by atoms with van der Waals surface area (Å²) in [4.78, 5) is 13.1. The number of nitriles is 1. The third-order valence-electron chi connectivity index (χ3n) is 3.97. The van der Waals surface area contributed by atoms with Crippen molar-refractivity contribution in [2.45, 2.75) is 58.0 Å². The lowest BCUT2D eigenvalue weighted by molar-refractivity contribution is 0.462. The van der Waals surface area contributed by atoms with Crippen molar-refractivity contribution in [1.82, 2.24) is 19.5 Å². The van der Waals surface area contributed by atoms with Gasteiger partial charge in [-0.05, 0) is 19.3 Å². The quantitative estimate of drug-likeness (QED) is 0.933. The minimum atomic E-state index is 0.207. The molecule has 1 saturated carbocycles. The standard InChI is InChI=1S/C15H20N6/c1-2-8-21-10-17-13-14(18-11-6-4-3-5-7-11)19-12(9-16)20-15(13)21/h10-11H,2-8H2,1H3,(H,18,19,20). The first-order valence-electron chi connectivity index (χ1n) is 7.71. The van der Waals surface area contributed by atoms with Crippen LogP contribution in [-0.4, -0.2) is 25.6 Å². The highest BCUT2D eigenvalue weighted by molar-refractivity contribution is 5.83. The van der Waals surface area contributed by atoms with Gasteiger partial charge < -0.3 is 9.88 Å². The van der Waals surface area contributed by atoms with Gasteiger partial charge in [-0.1, -0.05) is 26.2 Å². The van der Waals surface area contributed by atoms with Gasteiger partial charge in [0.25, 0.3) is 0 Å². The fourth-order valence-corrected chi connectivity index (χ4v) is 2.94. The van der Waals surface area contributed by atoms with Crippen molar-refractivity contribution >= 4 is 17.0 Å². The van der Waals surface area contributed by atoms with Crippen LogP contribution in [0, 0.1) is 11.3 Å². The summed E-state index contributed by atoms with van der Waals surface area (Å²) in [6.45, 7) is 2.96. The molecule has 110 valence electrons. The van der Waals surface area contributed by atoms with Crippen LogP contribution in [0.2, 0.25) is 0 Å². The highest BCUT2D eigenvalue weighted by Gasteiger charge is 2.18. The van der Waals surface area contributed by atoms with Crippen LogP contribution in [0.15, 0.2) is 6.33 Å². The number of aryl methyl sites for hydroxylation is 1. The molecule has 6 nitrogen and oxygen atoms in total. The molecule has 1 aliphatic rings. The second-order valence-electron chi connectivity index (χ2n) is 5.60. The Bertz CT molecular complexity index is 663. The first-order chi connectivity index (χ1) is 10.3. The van der Waals surface area contributed by atoms with Crippen molar-refractivity contribution in [1.29, 1.82) is 5.26 Å². The molecule has 0 aliphatic heterocycles. The summed E-state index contributed by atoms with van der Waals surface area (Å²) in [7, 11) is 0. The summed E-state index contributed by atoms with van der Waals surface area (Å²) in [6, 6.07) is 2.48. The largest absolute Gasteiger partial charge is 0.365 e. The molecule has 3 rings (SSSR count). The fourth-order valence-electron chi connectivity index (χ4n) is 2.94. The van der Waals surface area contributed by atoms with Gasteiger partial charge in [-0.15, -0.1) is 0 Å². The Morgan fingerprint density at radius 1 is 1.33 bits per heavy atom. The second-order valence-corrected chi connectivity index (χ2v) is 5.60. The van der Waals surface area contributed by atoms with E-state index in [-0.39, 0.29) is 5.82 Å². The van der Waals surface area contributed by atoms with Crippen LogP contribution in [0.3, 0.4) is 0 Å². The Morgan fingerprint density at radius 3 is 2.86 bits per heavy atom. The van der Waals surface area contributed by atoms with Gasteiger partial charge in [0.1, 0.15) is 6.07 Å². The molecular formula is C15H20N6. The van der Waals surface area contributed by atoms with Crippen LogP contribution < -0.4 is 5.32 Å². The minimum Gasteiger partial charge on any atom is -0.365 e. The van der Waals surface area contributed by atoms with Gasteiger partial charge in [0.05, 0.1) is 6.33 Å². The Balaban J connectivity index is 1.98. The molecule has 2 heterocycles. The van der Waals surface area contributed by atoms with Gasteiger partial charge in [-0.25, -0.2) is 4.98 Å². The second kappa shape index (κ2) is 6.08. The SMILES string of the molecule is CCCn1cnc2c(NC3CCCCC3)nc(C#N)nc21. The zero-order valence-corrected chi connectivity index (χ0v) is 12.3. The monoisotopic (exact) mass is 284 g/mol. The van der Waals surface area contributed by atoms with Gasteiger partial charge in [0.15, 0.2) is 17.0 Å². The molecular weight excluding hydrogens is 264 g/mol. The maximum absolute atomic E-state index is 9.15. The van der Waals surface area contributed by atoms with Crippen LogP contribution in [0.25, 0.3) is 11.2 Å². The molecule has 2 aromatic rings. The van der Waals surface area contributed by atoms with Crippen molar-refractivity contribution in [2.75, 3.05) is 5.32 Å². The molecule has 2 aromatic heterocycles. The number of rotatable bonds is 4. The summed E-state index contributed by atoms with van der Waals surface area (Å²) >= 11 is 0. The van der Waals surface area contributed by atoms with Crippen molar-refractivity contribution in [3.05, 3.63) is 12.2 Å². The average molecular weight is 284 g/mol. The Labute approximate surface area is 124 Å². The van der Waals surface area contributed by atoms with E-state index >= 15 is 0 Å². The van der Waals surface area contributed by atoms with Crippen LogP contribution in [0.1, 0.15) is 51.3 Å². The number of anilines is 1. The van der Waals surface area contributed by atoms with E-state index in [1.165, 1.54) is 19.3 Å². The summed E-state index contributed by atoms with van der Waals surface area (Å²) < 4.78 is 1.99.